The van der Waals surface area contributed by atoms with Crippen LogP contribution < -0.4 is 5.56 Å². The lowest BCUT2D eigenvalue weighted by atomic mass is 10.1. The summed E-state index contributed by atoms with van der Waals surface area (Å²) in [5.74, 6) is 0. The molecule has 0 saturated heterocycles. The number of H-pyrrole nitrogens is 1. The van der Waals surface area contributed by atoms with Crippen molar-refractivity contribution in [3.63, 3.8) is 0 Å². The monoisotopic (exact) mass is 228 g/mol. The van der Waals surface area contributed by atoms with Crippen LogP contribution in [0.4, 0.5) is 0 Å². The topological polar surface area (TPSA) is 45.8 Å². The van der Waals surface area contributed by atoms with Gasteiger partial charge in [-0.05, 0) is 40.1 Å². The minimum absolute atomic E-state index is 0.123. The number of fused-ring (bicyclic) bond motifs is 1. The third-order valence-corrected chi connectivity index (χ3v) is 3.15. The van der Waals surface area contributed by atoms with Crippen LogP contribution in [0.1, 0.15) is 0 Å². The number of nitrogens with zero attached hydrogens (tertiary/aromatic N) is 1. The van der Waals surface area contributed by atoms with Crippen LogP contribution in [-0.2, 0) is 0 Å². The summed E-state index contributed by atoms with van der Waals surface area (Å²) < 4.78 is 0. The summed E-state index contributed by atoms with van der Waals surface area (Å²) in [6.07, 6.45) is 1.71. The maximum absolute atomic E-state index is 11.2. The Morgan fingerprint density at radius 2 is 2.12 bits per heavy atom. The van der Waals surface area contributed by atoms with Crippen molar-refractivity contribution >= 4 is 22.4 Å². The third-order valence-electron chi connectivity index (χ3n) is 2.47. The van der Waals surface area contributed by atoms with Crippen LogP contribution in [-0.4, -0.2) is 9.97 Å². The number of hydrogen-bond donors (Lipinski definition) is 1. The normalized spacial score (nSPS) is 10.8. The molecule has 0 aromatic carbocycles. The Kier molecular flexibility index (Phi) is 2.08. The summed E-state index contributed by atoms with van der Waals surface area (Å²) in [4.78, 5) is 18.1. The van der Waals surface area contributed by atoms with Gasteiger partial charge in [-0.25, -0.2) is 4.98 Å². The van der Waals surface area contributed by atoms with Crippen molar-refractivity contribution < 1.29 is 0 Å². The SMILES string of the molecule is O=c1ccc2c(-c3ccsc3)ccnc2[nH]1. The van der Waals surface area contributed by atoms with Crippen molar-refractivity contribution in [3.8, 4) is 11.1 Å². The molecular weight excluding hydrogens is 220 g/mol. The second-order valence-corrected chi connectivity index (χ2v) is 4.24. The van der Waals surface area contributed by atoms with Gasteiger partial charge < -0.3 is 4.98 Å². The molecule has 3 aromatic rings. The fourth-order valence-electron chi connectivity index (χ4n) is 1.73. The van der Waals surface area contributed by atoms with E-state index < -0.39 is 0 Å². The number of hydrogen-bond acceptors (Lipinski definition) is 3. The first kappa shape index (κ1) is 9.30. The van der Waals surface area contributed by atoms with E-state index in [0.29, 0.717) is 5.65 Å². The van der Waals surface area contributed by atoms with E-state index in [9.17, 15) is 4.79 Å². The number of pyridine rings is 2. The van der Waals surface area contributed by atoms with Gasteiger partial charge in [0.1, 0.15) is 5.65 Å². The highest BCUT2D eigenvalue weighted by atomic mass is 32.1. The van der Waals surface area contributed by atoms with Gasteiger partial charge in [-0.1, -0.05) is 0 Å². The summed E-state index contributed by atoms with van der Waals surface area (Å²) in [5.41, 5.74) is 2.77. The summed E-state index contributed by atoms with van der Waals surface area (Å²) in [6, 6.07) is 7.36. The highest BCUT2D eigenvalue weighted by molar-refractivity contribution is 7.08. The van der Waals surface area contributed by atoms with E-state index in [2.05, 4.69) is 21.4 Å². The number of aromatic amines is 1. The number of nitrogens with one attached hydrogen (secondary N) is 1. The molecule has 0 atom stereocenters. The van der Waals surface area contributed by atoms with Crippen molar-refractivity contribution in [3.05, 3.63) is 51.6 Å². The minimum Gasteiger partial charge on any atom is -0.307 e. The Morgan fingerprint density at radius 1 is 1.19 bits per heavy atom. The van der Waals surface area contributed by atoms with E-state index in [-0.39, 0.29) is 5.56 Å². The standard InChI is InChI=1S/C12H8N2OS/c15-11-2-1-10-9(8-4-6-16-7-8)3-5-13-12(10)14-11/h1-7H,(H,13,14,15). The number of rotatable bonds is 1. The Bertz CT molecular complexity index is 686. The van der Waals surface area contributed by atoms with Crippen LogP contribution in [0.15, 0.2) is 46.0 Å². The molecule has 78 valence electrons. The molecule has 0 aliphatic carbocycles. The lowest BCUT2D eigenvalue weighted by molar-refractivity contribution is 1.23. The second-order valence-electron chi connectivity index (χ2n) is 3.46. The molecule has 16 heavy (non-hydrogen) atoms. The average molecular weight is 228 g/mol. The summed E-state index contributed by atoms with van der Waals surface area (Å²) in [7, 11) is 0. The lowest BCUT2D eigenvalue weighted by Crippen LogP contribution is -2.03. The highest BCUT2D eigenvalue weighted by Gasteiger charge is 2.04. The van der Waals surface area contributed by atoms with Gasteiger partial charge >= 0.3 is 0 Å². The van der Waals surface area contributed by atoms with Crippen molar-refractivity contribution in [2.75, 3.05) is 0 Å². The number of thiophene rings is 1. The van der Waals surface area contributed by atoms with E-state index in [1.807, 2.05) is 17.5 Å². The quantitative estimate of drug-likeness (QED) is 0.696. The van der Waals surface area contributed by atoms with Gasteiger partial charge in [-0.15, -0.1) is 0 Å². The van der Waals surface area contributed by atoms with Gasteiger partial charge in [0.15, 0.2) is 0 Å². The zero-order chi connectivity index (χ0) is 11.0. The van der Waals surface area contributed by atoms with Crippen LogP contribution >= 0.6 is 11.3 Å². The van der Waals surface area contributed by atoms with Gasteiger partial charge in [0.05, 0.1) is 0 Å². The first-order chi connectivity index (χ1) is 7.84. The van der Waals surface area contributed by atoms with Crippen molar-refractivity contribution in [2.45, 2.75) is 0 Å². The zero-order valence-electron chi connectivity index (χ0n) is 8.31. The first-order valence-corrected chi connectivity index (χ1v) is 5.79. The van der Waals surface area contributed by atoms with Gasteiger partial charge in [0.25, 0.3) is 0 Å². The molecule has 1 N–H and O–H groups in total. The molecule has 0 aliphatic rings. The van der Waals surface area contributed by atoms with Crippen LogP contribution in [0.2, 0.25) is 0 Å². The van der Waals surface area contributed by atoms with Gasteiger partial charge in [-0.2, -0.15) is 11.3 Å². The summed E-state index contributed by atoms with van der Waals surface area (Å²) in [6.45, 7) is 0. The maximum Gasteiger partial charge on any atom is 0.249 e. The van der Waals surface area contributed by atoms with E-state index in [0.717, 1.165) is 16.5 Å². The molecule has 0 radical (unpaired) electrons. The van der Waals surface area contributed by atoms with Crippen LogP contribution in [0.5, 0.6) is 0 Å². The lowest BCUT2D eigenvalue weighted by Gasteiger charge is -2.02. The predicted molar refractivity (Wildman–Crippen MR) is 65.7 cm³/mol. The van der Waals surface area contributed by atoms with Crippen LogP contribution in [0, 0.1) is 0 Å². The predicted octanol–water partition coefficient (Wildman–Crippen LogP) is 2.65. The molecule has 0 spiro atoms. The Balaban J connectivity index is 2.38. The van der Waals surface area contributed by atoms with E-state index >= 15 is 0 Å². The third kappa shape index (κ3) is 1.44. The van der Waals surface area contributed by atoms with Crippen LogP contribution in [0.25, 0.3) is 22.2 Å². The molecule has 0 fully saturated rings. The second kappa shape index (κ2) is 3.57. The van der Waals surface area contributed by atoms with E-state index in [1.54, 1.807) is 17.5 Å². The molecule has 3 nitrogen and oxygen atoms in total. The molecule has 0 saturated carbocycles. The Morgan fingerprint density at radius 3 is 2.94 bits per heavy atom. The van der Waals surface area contributed by atoms with E-state index in [4.69, 9.17) is 0 Å². The van der Waals surface area contributed by atoms with Gasteiger partial charge in [0, 0.05) is 17.6 Å². The maximum atomic E-state index is 11.2. The van der Waals surface area contributed by atoms with E-state index in [1.165, 1.54) is 6.07 Å². The molecule has 4 heteroatoms. The zero-order valence-corrected chi connectivity index (χ0v) is 9.12. The molecule has 3 aromatic heterocycles. The van der Waals surface area contributed by atoms with Crippen molar-refractivity contribution in [1.82, 2.24) is 9.97 Å². The Labute approximate surface area is 95.4 Å². The molecule has 0 aliphatic heterocycles. The van der Waals surface area contributed by atoms with Gasteiger partial charge in [-0.3, -0.25) is 4.79 Å². The highest BCUT2D eigenvalue weighted by Crippen LogP contribution is 2.27. The summed E-state index contributed by atoms with van der Waals surface area (Å²) in [5, 5.41) is 5.09. The Hall–Kier alpha value is -1.94. The minimum atomic E-state index is -0.123. The molecule has 0 bridgehead atoms. The largest absolute Gasteiger partial charge is 0.307 e. The van der Waals surface area contributed by atoms with Crippen molar-refractivity contribution in [2.24, 2.45) is 0 Å². The smallest absolute Gasteiger partial charge is 0.249 e. The molecular formula is C12H8N2OS. The molecule has 3 rings (SSSR count). The fraction of sp³-hybridized carbons (Fsp3) is 0. The first-order valence-electron chi connectivity index (χ1n) is 4.85. The molecule has 0 unspecified atom stereocenters. The average Bonchev–Trinajstić information content (AvgIpc) is 2.81. The van der Waals surface area contributed by atoms with Crippen molar-refractivity contribution in [1.29, 1.82) is 0 Å². The molecule has 3 heterocycles. The summed E-state index contributed by atoms with van der Waals surface area (Å²) >= 11 is 1.65. The van der Waals surface area contributed by atoms with Crippen LogP contribution in [0.3, 0.4) is 0 Å². The van der Waals surface area contributed by atoms with Gasteiger partial charge in [0.2, 0.25) is 5.56 Å². The number of aromatic nitrogens is 2. The fourth-order valence-corrected chi connectivity index (χ4v) is 2.38. The molecule has 0 amide bonds.